The zero-order chi connectivity index (χ0) is 11.4. The lowest BCUT2D eigenvalue weighted by atomic mass is 10.1. The average molecular weight is 227 g/mol. The molecule has 1 unspecified atom stereocenters. The van der Waals surface area contributed by atoms with Crippen molar-refractivity contribution in [3.63, 3.8) is 0 Å². The fourth-order valence-corrected chi connectivity index (χ4v) is 2.58. The van der Waals surface area contributed by atoms with Gasteiger partial charge in [0.2, 0.25) is 5.91 Å². The van der Waals surface area contributed by atoms with E-state index in [2.05, 4.69) is 0 Å². The minimum absolute atomic E-state index is 0.117. The topological polar surface area (TPSA) is 49.8 Å². The second-order valence-electron chi connectivity index (χ2n) is 4.87. The van der Waals surface area contributed by atoms with Crippen LogP contribution in [-0.4, -0.2) is 48.3 Å². The Kier molecular flexibility index (Phi) is 4.18. The molecule has 0 radical (unpaired) electrons. The third kappa shape index (κ3) is 2.95. The van der Waals surface area contributed by atoms with Gasteiger partial charge in [-0.15, -0.1) is 0 Å². The Balaban J connectivity index is 1.64. The Labute approximate surface area is 96.6 Å². The fourth-order valence-electron chi connectivity index (χ4n) is 2.58. The van der Waals surface area contributed by atoms with Crippen LogP contribution in [0.15, 0.2) is 0 Å². The maximum atomic E-state index is 11.5. The summed E-state index contributed by atoms with van der Waals surface area (Å²) in [7, 11) is 0. The van der Waals surface area contributed by atoms with Gasteiger partial charge in [-0.2, -0.15) is 0 Å². The van der Waals surface area contributed by atoms with Crippen LogP contribution in [0.25, 0.3) is 0 Å². The molecule has 0 aromatic rings. The summed E-state index contributed by atoms with van der Waals surface area (Å²) in [6.07, 6.45) is 5.83. The summed E-state index contributed by atoms with van der Waals surface area (Å²) in [6.45, 7) is 2.15. The summed E-state index contributed by atoms with van der Waals surface area (Å²) in [4.78, 5) is 13.3. The van der Waals surface area contributed by atoms with Crippen molar-refractivity contribution in [1.82, 2.24) is 4.90 Å². The van der Waals surface area contributed by atoms with Gasteiger partial charge in [-0.3, -0.25) is 4.79 Å². The largest absolute Gasteiger partial charge is 0.396 e. The van der Waals surface area contributed by atoms with Gasteiger partial charge in [0.15, 0.2) is 0 Å². The molecule has 0 spiro atoms. The zero-order valence-electron chi connectivity index (χ0n) is 9.73. The molecule has 2 aliphatic rings. The molecule has 0 aromatic carbocycles. The number of rotatable bonds is 5. The molecule has 1 amide bonds. The molecule has 2 fully saturated rings. The molecule has 16 heavy (non-hydrogen) atoms. The lowest BCUT2D eigenvalue weighted by Crippen LogP contribution is -2.30. The highest BCUT2D eigenvalue weighted by molar-refractivity contribution is 5.78. The Bertz CT molecular complexity index is 238. The van der Waals surface area contributed by atoms with E-state index in [4.69, 9.17) is 9.84 Å². The van der Waals surface area contributed by atoms with Gasteiger partial charge in [0.05, 0.1) is 12.7 Å². The van der Waals surface area contributed by atoms with Crippen LogP contribution in [0.3, 0.4) is 0 Å². The molecule has 92 valence electrons. The molecule has 4 heteroatoms. The molecular weight excluding hydrogens is 206 g/mol. The van der Waals surface area contributed by atoms with E-state index in [1.807, 2.05) is 4.90 Å². The summed E-state index contributed by atoms with van der Waals surface area (Å²) < 4.78 is 5.73. The Hall–Kier alpha value is -0.610. The predicted octanol–water partition coefficient (Wildman–Crippen LogP) is 0.786. The molecule has 1 heterocycles. The van der Waals surface area contributed by atoms with Crippen LogP contribution in [0, 0.1) is 5.92 Å². The predicted molar refractivity (Wildman–Crippen MR) is 60.0 cm³/mol. The number of hydrogen-bond acceptors (Lipinski definition) is 3. The van der Waals surface area contributed by atoms with Crippen molar-refractivity contribution in [3.05, 3.63) is 0 Å². The van der Waals surface area contributed by atoms with E-state index >= 15 is 0 Å². The molecule has 1 saturated carbocycles. The molecule has 0 bridgehead atoms. The Morgan fingerprint density at radius 2 is 2.12 bits per heavy atom. The highest BCUT2D eigenvalue weighted by atomic mass is 16.5. The number of aliphatic hydroxyl groups is 1. The van der Waals surface area contributed by atoms with Crippen LogP contribution in [0.2, 0.25) is 0 Å². The van der Waals surface area contributed by atoms with Crippen LogP contribution < -0.4 is 0 Å². The van der Waals surface area contributed by atoms with Gasteiger partial charge < -0.3 is 14.7 Å². The number of ether oxygens (including phenoxy) is 1. The molecule has 1 aliphatic heterocycles. The molecule has 1 aliphatic carbocycles. The van der Waals surface area contributed by atoms with Crippen molar-refractivity contribution in [1.29, 1.82) is 0 Å². The van der Waals surface area contributed by atoms with Gasteiger partial charge in [-0.05, 0) is 12.8 Å². The first-order chi connectivity index (χ1) is 7.79. The maximum absolute atomic E-state index is 11.5. The summed E-state index contributed by atoms with van der Waals surface area (Å²) in [5, 5.41) is 8.99. The van der Waals surface area contributed by atoms with Crippen LogP contribution in [0.1, 0.15) is 32.1 Å². The number of hydrogen-bond donors (Lipinski definition) is 1. The van der Waals surface area contributed by atoms with Gasteiger partial charge >= 0.3 is 0 Å². The van der Waals surface area contributed by atoms with Crippen LogP contribution >= 0.6 is 0 Å². The highest BCUT2D eigenvalue weighted by Gasteiger charge is 2.28. The lowest BCUT2D eigenvalue weighted by molar-refractivity contribution is -0.128. The maximum Gasteiger partial charge on any atom is 0.223 e. The molecular formula is C12H21NO3. The molecule has 2 rings (SSSR count). The van der Waals surface area contributed by atoms with E-state index in [0.717, 1.165) is 0 Å². The smallest absolute Gasteiger partial charge is 0.223 e. The zero-order valence-corrected chi connectivity index (χ0v) is 9.73. The quantitative estimate of drug-likeness (QED) is 0.755. The van der Waals surface area contributed by atoms with Gasteiger partial charge in [-0.1, -0.05) is 12.8 Å². The van der Waals surface area contributed by atoms with Crippen molar-refractivity contribution in [2.45, 2.75) is 38.2 Å². The summed E-state index contributed by atoms with van der Waals surface area (Å²) in [5.74, 6) is 0.299. The summed E-state index contributed by atoms with van der Waals surface area (Å²) >= 11 is 0. The first kappa shape index (κ1) is 11.9. The third-order valence-corrected chi connectivity index (χ3v) is 3.57. The van der Waals surface area contributed by atoms with Crippen LogP contribution in [-0.2, 0) is 9.53 Å². The summed E-state index contributed by atoms with van der Waals surface area (Å²) in [6, 6.07) is 0. The van der Waals surface area contributed by atoms with Crippen molar-refractivity contribution in [2.24, 2.45) is 5.92 Å². The monoisotopic (exact) mass is 227 g/mol. The Morgan fingerprint density at radius 1 is 1.38 bits per heavy atom. The molecule has 1 atom stereocenters. The van der Waals surface area contributed by atoms with Gasteiger partial charge in [0.1, 0.15) is 0 Å². The third-order valence-electron chi connectivity index (χ3n) is 3.57. The van der Waals surface area contributed by atoms with Gasteiger partial charge in [0, 0.05) is 32.0 Å². The van der Waals surface area contributed by atoms with E-state index in [9.17, 15) is 4.79 Å². The number of carbonyl (C=O) groups is 1. The SMILES string of the molecule is O=C1CC(CO)CN1CCOC1CCCC1. The van der Waals surface area contributed by atoms with Crippen LogP contribution in [0.5, 0.6) is 0 Å². The molecule has 0 aromatic heterocycles. The number of aliphatic hydroxyl groups excluding tert-OH is 1. The first-order valence-electron chi connectivity index (χ1n) is 6.30. The van der Waals surface area contributed by atoms with Crippen LogP contribution in [0.4, 0.5) is 0 Å². The van der Waals surface area contributed by atoms with Gasteiger partial charge in [-0.25, -0.2) is 0 Å². The van der Waals surface area contributed by atoms with E-state index in [1.54, 1.807) is 0 Å². The molecule has 1 saturated heterocycles. The second kappa shape index (κ2) is 5.64. The van der Waals surface area contributed by atoms with E-state index in [0.29, 0.717) is 32.2 Å². The average Bonchev–Trinajstić information content (AvgIpc) is 2.89. The molecule has 4 nitrogen and oxygen atoms in total. The normalized spacial score (nSPS) is 26.9. The second-order valence-corrected chi connectivity index (χ2v) is 4.87. The van der Waals surface area contributed by atoms with Crippen molar-refractivity contribution in [2.75, 3.05) is 26.3 Å². The van der Waals surface area contributed by atoms with E-state index in [-0.39, 0.29) is 18.4 Å². The highest BCUT2D eigenvalue weighted by Crippen LogP contribution is 2.21. The summed E-state index contributed by atoms with van der Waals surface area (Å²) in [5.41, 5.74) is 0. The first-order valence-corrected chi connectivity index (χ1v) is 6.30. The van der Waals surface area contributed by atoms with Crippen molar-refractivity contribution in [3.8, 4) is 0 Å². The van der Waals surface area contributed by atoms with E-state index in [1.165, 1.54) is 25.7 Å². The number of likely N-dealkylation sites (tertiary alicyclic amines) is 1. The lowest BCUT2D eigenvalue weighted by Gasteiger charge is -2.18. The number of carbonyl (C=O) groups excluding carboxylic acids is 1. The van der Waals surface area contributed by atoms with E-state index < -0.39 is 0 Å². The minimum Gasteiger partial charge on any atom is -0.396 e. The van der Waals surface area contributed by atoms with Crippen molar-refractivity contribution >= 4 is 5.91 Å². The molecule has 1 N–H and O–H groups in total. The number of amides is 1. The number of nitrogens with zero attached hydrogens (tertiary/aromatic N) is 1. The van der Waals surface area contributed by atoms with Crippen molar-refractivity contribution < 1.29 is 14.6 Å². The van der Waals surface area contributed by atoms with Gasteiger partial charge in [0.25, 0.3) is 0 Å². The fraction of sp³-hybridized carbons (Fsp3) is 0.917. The Morgan fingerprint density at radius 3 is 2.75 bits per heavy atom. The standard InChI is InChI=1S/C12H21NO3/c14-9-10-7-12(15)13(8-10)5-6-16-11-3-1-2-4-11/h10-11,14H,1-9H2. The minimum atomic E-state index is 0.117.